The Morgan fingerprint density at radius 3 is 2.33 bits per heavy atom. The van der Waals surface area contributed by atoms with Crippen molar-refractivity contribution in [3.63, 3.8) is 0 Å². The van der Waals surface area contributed by atoms with Crippen molar-refractivity contribution in [3.8, 4) is 11.8 Å². The smallest absolute Gasteiger partial charge is 0.0450 e. The van der Waals surface area contributed by atoms with Crippen LogP contribution in [0.1, 0.15) is 80.5 Å². The zero-order valence-corrected chi connectivity index (χ0v) is 17.5. The van der Waals surface area contributed by atoms with Gasteiger partial charge in [-0.2, -0.15) is 0 Å². The second-order valence-corrected chi connectivity index (χ2v) is 8.23. The molecule has 2 aromatic rings. The molecule has 2 aromatic carbocycles. The van der Waals surface area contributed by atoms with E-state index in [1.807, 2.05) is 6.07 Å². The van der Waals surface area contributed by atoms with Crippen molar-refractivity contribution in [1.29, 1.82) is 0 Å². The quantitative estimate of drug-likeness (QED) is 0.470. The van der Waals surface area contributed by atoms with Crippen LogP contribution in [0.4, 0.5) is 0 Å². The summed E-state index contributed by atoms with van der Waals surface area (Å²) in [4.78, 5) is 0. The van der Waals surface area contributed by atoms with Crippen molar-refractivity contribution in [3.05, 3.63) is 69.7 Å². The third-order valence-corrected chi connectivity index (χ3v) is 6.21. The van der Waals surface area contributed by atoms with Gasteiger partial charge >= 0.3 is 0 Å². The van der Waals surface area contributed by atoms with E-state index in [1.54, 1.807) is 0 Å². The van der Waals surface area contributed by atoms with Gasteiger partial charge in [0, 0.05) is 16.5 Å². The molecule has 1 saturated carbocycles. The molecule has 0 aromatic heterocycles. The highest BCUT2D eigenvalue weighted by atomic mass is 35.5. The van der Waals surface area contributed by atoms with Crippen LogP contribution < -0.4 is 0 Å². The fourth-order valence-corrected chi connectivity index (χ4v) is 4.25. The Balaban J connectivity index is 1.55. The lowest BCUT2D eigenvalue weighted by Crippen LogP contribution is -2.12. The minimum Gasteiger partial charge on any atom is -0.0945 e. The number of aryl methyl sites for hydroxylation is 2. The van der Waals surface area contributed by atoms with E-state index in [4.69, 9.17) is 11.6 Å². The molecule has 142 valence electrons. The molecule has 1 aliphatic rings. The first-order valence-corrected chi connectivity index (χ1v) is 11.0. The van der Waals surface area contributed by atoms with E-state index in [0.29, 0.717) is 11.8 Å². The molecular weight excluding hydrogens is 348 g/mol. The van der Waals surface area contributed by atoms with Gasteiger partial charge in [-0.15, -0.1) is 0 Å². The number of rotatable bonds is 5. The Kier molecular flexibility index (Phi) is 7.42. The molecule has 0 aliphatic heterocycles. The van der Waals surface area contributed by atoms with Crippen molar-refractivity contribution >= 4 is 11.6 Å². The minimum atomic E-state index is 0.523. The molecule has 0 bridgehead atoms. The van der Waals surface area contributed by atoms with Crippen LogP contribution in [0.3, 0.4) is 0 Å². The number of halogens is 1. The standard InChI is InChI=1S/C26H31Cl/c1-3-5-6-25-18-13-22(19-26(25)27)8-7-21-11-16-24(17-12-21)23-14-9-20(4-2)10-15-23/h9-10,13-15,18-19,21,24H,3-6,11-12,16-17H2,1-2H3. The van der Waals surface area contributed by atoms with Crippen LogP contribution in [0.5, 0.6) is 0 Å². The monoisotopic (exact) mass is 378 g/mol. The molecule has 0 atom stereocenters. The highest BCUT2D eigenvalue weighted by Crippen LogP contribution is 2.35. The molecular formula is C26H31Cl. The van der Waals surface area contributed by atoms with Crippen LogP contribution in [0.2, 0.25) is 5.02 Å². The molecule has 3 rings (SSSR count). The first-order chi connectivity index (χ1) is 13.2. The zero-order chi connectivity index (χ0) is 19.1. The van der Waals surface area contributed by atoms with E-state index < -0.39 is 0 Å². The molecule has 0 heterocycles. The summed E-state index contributed by atoms with van der Waals surface area (Å²) in [5.41, 5.74) is 5.24. The molecule has 0 unspecified atom stereocenters. The fraction of sp³-hybridized carbons (Fsp3) is 0.462. The van der Waals surface area contributed by atoms with Crippen molar-refractivity contribution in [2.24, 2.45) is 5.92 Å². The lowest BCUT2D eigenvalue weighted by molar-refractivity contribution is 0.384. The van der Waals surface area contributed by atoms with Crippen molar-refractivity contribution in [1.82, 2.24) is 0 Å². The minimum absolute atomic E-state index is 0.523. The first kappa shape index (κ1) is 20.0. The van der Waals surface area contributed by atoms with Crippen LogP contribution in [-0.2, 0) is 12.8 Å². The Morgan fingerprint density at radius 1 is 0.963 bits per heavy atom. The molecule has 0 N–H and O–H groups in total. The molecule has 0 saturated heterocycles. The van der Waals surface area contributed by atoms with Crippen molar-refractivity contribution in [2.75, 3.05) is 0 Å². The second-order valence-electron chi connectivity index (χ2n) is 7.82. The normalized spacial score (nSPS) is 19.4. The van der Waals surface area contributed by atoms with Gasteiger partial charge in [0.25, 0.3) is 0 Å². The molecule has 1 aliphatic carbocycles. The molecule has 0 radical (unpaired) electrons. The molecule has 27 heavy (non-hydrogen) atoms. The highest BCUT2D eigenvalue weighted by molar-refractivity contribution is 6.31. The average Bonchev–Trinajstić information content (AvgIpc) is 2.72. The van der Waals surface area contributed by atoms with E-state index in [0.717, 1.165) is 23.4 Å². The van der Waals surface area contributed by atoms with E-state index in [2.05, 4.69) is 62.1 Å². The summed E-state index contributed by atoms with van der Waals surface area (Å²) in [6.07, 6.45) is 9.48. The van der Waals surface area contributed by atoms with Crippen molar-refractivity contribution in [2.45, 2.75) is 71.1 Å². The van der Waals surface area contributed by atoms with Gasteiger partial charge in [-0.25, -0.2) is 0 Å². The molecule has 0 amide bonds. The summed E-state index contributed by atoms with van der Waals surface area (Å²) in [5.74, 6) is 8.12. The Morgan fingerprint density at radius 2 is 1.70 bits per heavy atom. The number of unbranched alkanes of at least 4 members (excludes halogenated alkanes) is 1. The lowest BCUT2D eigenvalue weighted by Gasteiger charge is -2.26. The Hall–Kier alpha value is -1.71. The van der Waals surface area contributed by atoms with Gasteiger partial charge in [-0.1, -0.05) is 74.0 Å². The zero-order valence-electron chi connectivity index (χ0n) is 16.7. The third kappa shape index (κ3) is 5.63. The summed E-state index contributed by atoms with van der Waals surface area (Å²) in [7, 11) is 0. The summed E-state index contributed by atoms with van der Waals surface area (Å²) in [5, 5.41) is 0.870. The van der Waals surface area contributed by atoms with Gasteiger partial charge in [-0.05, 0) is 79.7 Å². The molecule has 0 nitrogen and oxygen atoms in total. The molecule has 1 fully saturated rings. The van der Waals surface area contributed by atoms with Crippen LogP contribution in [0.25, 0.3) is 0 Å². The predicted octanol–water partition coefficient (Wildman–Crippen LogP) is 7.57. The topological polar surface area (TPSA) is 0 Å². The highest BCUT2D eigenvalue weighted by Gasteiger charge is 2.21. The van der Waals surface area contributed by atoms with E-state index in [9.17, 15) is 0 Å². The maximum Gasteiger partial charge on any atom is 0.0450 e. The van der Waals surface area contributed by atoms with Crippen LogP contribution in [-0.4, -0.2) is 0 Å². The second kappa shape index (κ2) is 10.0. The molecule has 0 spiro atoms. The van der Waals surface area contributed by atoms with E-state index >= 15 is 0 Å². The SMILES string of the molecule is CCCCc1ccc(C#CC2CCC(c3ccc(CC)cc3)CC2)cc1Cl. The van der Waals surface area contributed by atoms with Gasteiger partial charge in [0.1, 0.15) is 0 Å². The number of hydrogen-bond acceptors (Lipinski definition) is 0. The summed E-state index contributed by atoms with van der Waals surface area (Å²) >= 11 is 6.43. The number of hydrogen-bond donors (Lipinski definition) is 0. The van der Waals surface area contributed by atoms with Gasteiger partial charge in [-0.3, -0.25) is 0 Å². The van der Waals surface area contributed by atoms with Gasteiger partial charge in [0.05, 0.1) is 0 Å². The fourth-order valence-electron chi connectivity index (χ4n) is 3.98. The Bertz CT molecular complexity index is 783. The van der Waals surface area contributed by atoms with Crippen LogP contribution in [0.15, 0.2) is 42.5 Å². The van der Waals surface area contributed by atoms with Crippen molar-refractivity contribution < 1.29 is 0 Å². The van der Waals surface area contributed by atoms with Crippen LogP contribution >= 0.6 is 11.6 Å². The largest absolute Gasteiger partial charge is 0.0945 e. The van der Waals surface area contributed by atoms with Crippen LogP contribution in [0, 0.1) is 17.8 Å². The average molecular weight is 379 g/mol. The van der Waals surface area contributed by atoms with E-state index in [-0.39, 0.29) is 0 Å². The maximum absolute atomic E-state index is 6.43. The first-order valence-electron chi connectivity index (χ1n) is 10.6. The van der Waals surface area contributed by atoms with Gasteiger partial charge < -0.3 is 0 Å². The van der Waals surface area contributed by atoms with Gasteiger partial charge in [0.15, 0.2) is 0 Å². The lowest BCUT2D eigenvalue weighted by atomic mass is 9.79. The van der Waals surface area contributed by atoms with E-state index in [1.165, 1.54) is 55.2 Å². The summed E-state index contributed by atoms with van der Waals surface area (Å²) in [6.45, 7) is 4.42. The predicted molar refractivity (Wildman–Crippen MR) is 117 cm³/mol. The summed E-state index contributed by atoms with van der Waals surface area (Å²) in [6, 6.07) is 15.6. The molecule has 1 heteroatoms. The maximum atomic E-state index is 6.43. The number of benzene rings is 2. The summed E-state index contributed by atoms with van der Waals surface area (Å²) < 4.78 is 0. The van der Waals surface area contributed by atoms with Gasteiger partial charge in [0.2, 0.25) is 0 Å². The Labute approximate surface area is 170 Å². The third-order valence-electron chi connectivity index (χ3n) is 5.86.